The first-order chi connectivity index (χ1) is 12.5. The molecule has 0 unspecified atom stereocenters. The van der Waals surface area contributed by atoms with E-state index >= 15 is 0 Å². The van der Waals surface area contributed by atoms with Gasteiger partial charge in [0, 0.05) is 24.6 Å². The quantitative estimate of drug-likeness (QED) is 0.725. The van der Waals surface area contributed by atoms with Gasteiger partial charge in [0.15, 0.2) is 0 Å². The lowest BCUT2D eigenvalue weighted by Gasteiger charge is -2.08. The van der Waals surface area contributed by atoms with Crippen molar-refractivity contribution in [2.24, 2.45) is 5.92 Å². The van der Waals surface area contributed by atoms with Gasteiger partial charge in [-0.1, -0.05) is 38.8 Å². The van der Waals surface area contributed by atoms with Gasteiger partial charge in [0.1, 0.15) is 0 Å². The van der Waals surface area contributed by atoms with Crippen LogP contribution in [0.5, 0.6) is 0 Å². The van der Waals surface area contributed by atoms with Crippen molar-refractivity contribution in [3.63, 3.8) is 0 Å². The summed E-state index contributed by atoms with van der Waals surface area (Å²) in [7, 11) is 0. The Kier molecular flexibility index (Phi) is 4.26. The second-order valence-corrected chi connectivity index (χ2v) is 7.53. The van der Waals surface area contributed by atoms with E-state index in [0.717, 1.165) is 18.5 Å². The molecule has 0 N–H and O–H groups in total. The molecule has 0 spiro atoms. The number of benzene rings is 1. The van der Waals surface area contributed by atoms with Crippen molar-refractivity contribution < 1.29 is 0 Å². The molecule has 1 aromatic carbocycles. The smallest absolute Gasteiger partial charge is 0.280 e. The summed E-state index contributed by atoms with van der Waals surface area (Å²) in [4.78, 5) is 25.4. The monoisotopic (exact) mass is 352 g/mol. The summed E-state index contributed by atoms with van der Waals surface area (Å²) in [5.41, 5.74) is 1.68. The average Bonchev–Trinajstić information content (AvgIpc) is 3.25. The molecule has 1 aliphatic carbocycles. The standard InChI is InChI=1S/C20H24N4O2/c1-14(2)16-7-9-17(10-8-16)22-11-12-23-18(19(22)25)21-24(20(23)26)13-15-5-3-4-6-15/h7-12,14-15H,3-6,13H2,1-2H3. The fraction of sp³-hybridized carbons (Fsp3) is 0.450. The molecular weight excluding hydrogens is 328 g/mol. The number of hydrogen-bond acceptors (Lipinski definition) is 3. The molecule has 0 amide bonds. The molecule has 4 rings (SSSR count). The minimum absolute atomic E-state index is 0.184. The zero-order valence-corrected chi connectivity index (χ0v) is 15.3. The van der Waals surface area contributed by atoms with Gasteiger partial charge in [0.05, 0.1) is 0 Å². The Morgan fingerprint density at radius 1 is 1.08 bits per heavy atom. The SMILES string of the molecule is CC(C)c1ccc(-n2ccn3c(=O)n(CC4CCCC4)nc3c2=O)cc1. The third kappa shape index (κ3) is 2.89. The van der Waals surface area contributed by atoms with Crippen LogP contribution in [-0.4, -0.2) is 18.7 Å². The molecule has 6 nitrogen and oxygen atoms in total. The second-order valence-electron chi connectivity index (χ2n) is 7.53. The maximum Gasteiger partial charge on any atom is 0.350 e. The van der Waals surface area contributed by atoms with E-state index in [1.807, 2.05) is 24.3 Å². The van der Waals surface area contributed by atoms with Gasteiger partial charge >= 0.3 is 11.2 Å². The van der Waals surface area contributed by atoms with Gasteiger partial charge in [-0.25, -0.2) is 13.9 Å². The molecule has 3 aromatic rings. The van der Waals surface area contributed by atoms with Crippen molar-refractivity contribution in [1.82, 2.24) is 18.7 Å². The lowest BCUT2D eigenvalue weighted by molar-refractivity contribution is 0.420. The number of nitrogens with zero attached hydrogens (tertiary/aromatic N) is 4. The minimum Gasteiger partial charge on any atom is -0.280 e. The van der Waals surface area contributed by atoms with Gasteiger partial charge in [-0.05, 0) is 42.4 Å². The lowest BCUT2D eigenvalue weighted by atomic mass is 10.0. The van der Waals surface area contributed by atoms with Crippen LogP contribution in [-0.2, 0) is 6.54 Å². The van der Waals surface area contributed by atoms with Crippen LogP contribution in [0.1, 0.15) is 51.0 Å². The molecule has 0 atom stereocenters. The molecule has 1 aliphatic rings. The highest BCUT2D eigenvalue weighted by molar-refractivity contribution is 5.41. The highest BCUT2D eigenvalue weighted by atomic mass is 16.2. The van der Waals surface area contributed by atoms with Crippen molar-refractivity contribution in [3.8, 4) is 5.69 Å². The van der Waals surface area contributed by atoms with Crippen molar-refractivity contribution in [1.29, 1.82) is 0 Å². The zero-order chi connectivity index (χ0) is 18.3. The Morgan fingerprint density at radius 3 is 2.42 bits per heavy atom. The van der Waals surface area contributed by atoms with Gasteiger partial charge in [0.25, 0.3) is 0 Å². The topological polar surface area (TPSA) is 61.3 Å². The van der Waals surface area contributed by atoms with E-state index in [2.05, 4.69) is 18.9 Å². The van der Waals surface area contributed by atoms with Crippen LogP contribution in [0.15, 0.2) is 46.2 Å². The summed E-state index contributed by atoms with van der Waals surface area (Å²) in [5.74, 6) is 0.927. The van der Waals surface area contributed by atoms with Crippen LogP contribution in [0.2, 0.25) is 0 Å². The Bertz CT molecular complexity index is 1030. The Labute approximate surface area is 151 Å². The first-order valence-electron chi connectivity index (χ1n) is 9.36. The second kappa shape index (κ2) is 6.59. The summed E-state index contributed by atoms with van der Waals surface area (Å²) in [5, 5.41) is 4.34. The van der Waals surface area contributed by atoms with Crippen LogP contribution in [0, 0.1) is 5.92 Å². The van der Waals surface area contributed by atoms with E-state index in [1.165, 1.54) is 27.5 Å². The van der Waals surface area contributed by atoms with Crippen LogP contribution in [0.3, 0.4) is 0 Å². The lowest BCUT2D eigenvalue weighted by Crippen LogP contribution is -2.25. The molecule has 6 heteroatoms. The molecule has 0 aliphatic heterocycles. The van der Waals surface area contributed by atoms with Gasteiger partial charge in [-0.3, -0.25) is 9.36 Å². The third-order valence-electron chi connectivity index (χ3n) is 5.39. The molecule has 26 heavy (non-hydrogen) atoms. The fourth-order valence-corrected chi connectivity index (χ4v) is 3.79. The first kappa shape index (κ1) is 16.8. The molecule has 2 heterocycles. The number of aromatic nitrogens is 4. The first-order valence-corrected chi connectivity index (χ1v) is 9.36. The molecular formula is C20H24N4O2. The van der Waals surface area contributed by atoms with E-state index in [-0.39, 0.29) is 16.9 Å². The van der Waals surface area contributed by atoms with E-state index in [1.54, 1.807) is 17.0 Å². The number of rotatable bonds is 4. The van der Waals surface area contributed by atoms with Gasteiger partial charge in [0.2, 0.25) is 5.65 Å². The van der Waals surface area contributed by atoms with Crippen LogP contribution in [0.4, 0.5) is 0 Å². The number of hydrogen-bond donors (Lipinski definition) is 0. The highest BCUT2D eigenvalue weighted by Gasteiger charge is 2.19. The average molecular weight is 352 g/mol. The zero-order valence-electron chi connectivity index (χ0n) is 15.3. The maximum atomic E-state index is 12.9. The summed E-state index contributed by atoms with van der Waals surface area (Å²) in [6.07, 6.45) is 7.97. The molecule has 2 aromatic heterocycles. The Hall–Kier alpha value is -2.63. The van der Waals surface area contributed by atoms with E-state index in [4.69, 9.17) is 0 Å². The summed E-state index contributed by atoms with van der Waals surface area (Å²) in [6, 6.07) is 7.92. The van der Waals surface area contributed by atoms with Crippen molar-refractivity contribution in [3.05, 3.63) is 63.1 Å². The number of fused-ring (bicyclic) bond motifs is 1. The predicted octanol–water partition coefficient (Wildman–Crippen LogP) is 2.96. The molecule has 0 saturated heterocycles. The molecule has 136 valence electrons. The molecule has 1 fully saturated rings. The summed E-state index contributed by atoms with van der Waals surface area (Å²) < 4.78 is 4.36. The van der Waals surface area contributed by atoms with Crippen LogP contribution < -0.4 is 11.2 Å². The normalized spacial score (nSPS) is 15.3. The van der Waals surface area contributed by atoms with E-state index in [9.17, 15) is 9.59 Å². The van der Waals surface area contributed by atoms with Crippen LogP contribution >= 0.6 is 0 Å². The minimum atomic E-state index is -0.271. The summed E-state index contributed by atoms with van der Waals surface area (Å²) in [6.45, 7) is 4.87. The summed E-state index contributed by atoms with van der Waals surface area (Å²) >= 11 is 0. The van der Waals surface area contributed by atoms with Gasteiger partial charge in [-0.15, -0.1) is 5.10 Å². The third-order valence-corrected chi connectivity index (χ3v) is 5.39. The fourth-order valence-electron chi connectivity index (χ4n) is 3.79. The maximum absolute atomic E-state index is 12.9. The highest BCUT2D eigenvalue weighted by Crippen LogP contribution is 2.25. The molecule has 0 bridgehead atoms. The molecule has 0 radical (unpaired) electrons. The van der Waals surface area contributed by atoms with Crippen molar-refractivity contribution in [2.75, 3.05) is 0 Å². The van der Waals surface area contributed by atoms with Crippen LogP contribution in [0.25, 0.3) is 11.3 Å². The Balaban J connectivity index is 1.74. The van der Waals surface area contributed by atoms with Gasteiger partial charge < -0.3 is 0 Å². The Morgan fingerprint density at radius 2 is 1.77 bits per heavy atom. The molecule has 1 saturated carbocycles. The van der Waals surface area contributed by atoms with E-state index in [0.29, 0.717) is 18.4 Å². The van der Waals surface area contributed by atoms with E-state index < -0.39 is 0 Å². The van der Waals surface area contributed by atoms with Crippen molar-refractivity contribution >= 4 is 5.65 Å². The van der Waals surface area contributed by atoms with Crippen molar-refractivity contribution in [2.45, 2.75) is 52.0 Å². The largest absolute Gasteiger partial charge is 0.350 e. The predicted molar refractivity (Wildman–Crippen MR) is 101 cm³/mol. The van der Waals surface area contributed by atoms with Gasteiger partial charge in [-0.2, -0.15) is 0 Å².